The third-order valence-corrected chi connectivity index (χ3v) is 6.49. The fourth-order valence-electron chi connectivity index (χ4n) is 4.90. The molecule has 31 heavy (non-hydrogen) atoms. The largest absolute Gasteiger partial charge is 0.372 e. The lowest BCUT2D eigenvalue weighted by atomic mass is 9.96. The van der Waals surface area contributed by atoms with Gasteiger partial charge in [-0.25, -0.2) is 9.18 Å². The number of rotatable bonds is 3. The van der Waals surface area contributed by atoms with Gasteiger partial charge < -0.3 is 24.8 Å². The van der Waals surface area contributed by atoms with E-state index in [0.29, 0.717) is 50.4 Å². The first kappa shape index (κ1) is 21.9. The maximum absolute atomic E-state index is 14.8. The molecule has 3 amide bonds. The highest BCUT2D eigenvalue weighted by Gasteiger charge is 2.31. The molecule has 3 aliphatic rings. The first-order valence-electron chi connectivity index (χ1n) is 11.5. The van der Waals surface area contributed by atoms with E-state index in [-0.39, 0.29) is 35.9 Å². The molecule has 1 N–H and O–H groups in total. The number of urea groups is 1. The number of carbonyl (C=O) groups excluding carboxylic acids is 2. The summed E-state index contributed by atoms with van der Waals surface area (Å²) in [5.41, 5.74) is 1.00. The normalized spacial score (nSPS) is 25.1. The van der Waals surface area contributed by atoms with Crippen LogP contribution in [0.4, 0.5) is 20.6 Å². The quantitative estimate of drug-likeness (QED) is 0.796. The molecule has 0 radical (unpaired) electrons. The van der Waals surface area contributed by atoms with Gasteiger partial charge in [0.1, 0.15) is 5.82 Å². The summed E-state index contributed by atoms with van der Waals surface area (Å²) in [6.45, 7) is 8.11. The van der Waals surface area contributed by atoms with Crippen molar-refractivity contribution in [2.45, 2.75) is 51.7 Å². The van der Waals surface area contributed by atoms with Crippen molar-refractivity contribution in [2.75, 3.05) is 49.5 Å². The van der Waals surface area contributed by atoms with Crippen molar-refractivity contribution in [3.63, 3.8) is 0 Å². The Balaban J connectivity index is 1.31. The Labute approximate surface area is 183 Å². The molecule has 4 rings (SSSR count). The van der Waals surface area contributed by atoms with E-state index in [2.05, 4.69) is 5.32 Å². The Hall–Kier alpha value is -2.35. The van der Waals surface area contributed by atoms with Crippen LogP contribution in [0.15, 0.2) is 18.2 Å². The minimum atomic E-state index is -0.342. The van der Waals surface area contributed by atoms with Crippen LogP contribution in [0.2, 0.25) is 0 Å². The van der Waals surface area contributed by atoms with Crippen LogP contribution in [0.5, 0.6) is 0 Å². The predicted octanol–water partition coefficient (Wildman–Crippen LogP) is 3.31. The van der Waals surface area contributed by atoms with Crippen LogP contribution < -0.4 is 10.2 Å². The van der Waals surface area contributed by atoms with E-state index in [1.54, 1.807) is 12.1 Å². The van der Waals surface area contributed by atoms with Gasteiger partial charge in [0.15, 0.2) is 0 Å². The van der Waals surface area contributed by atoms with E-state index in [4.69, 9.17) is 4.74 Å². The first-order chi connectivity index (χ1) is 14.9. The summed E-state index contributed by atoms with van der Waals surface area (Å²) in [7, 11) is 0. The molecule has 170 valence electrons. The number of likely N-dealkylation sites (tertiary alicyclic amines) is 2. The molecular weight excluding hydrogens is 399 g/mol. The van der Waals surface area contributed by atoms with E-state index in [9.17, 15) is 14.0 Å². The highest BCUT2D eigenvalue weighted by molar-refractivity contribution is 5.93. The van der Waals surface area contributed by atoms with E-state index < -0.39 is 0 Å². The molecule has 0 aromatic heterocycles. The number of morpholine rings is 1. The van der Waals surface area contributed by atoms with E-state index in [1.807, 2.05) is 28.5 Å². The number of piperidine rings is 1. The van der Waals surface area contributed by atoms with Crippen LogP contribution in [0.25, 0.3) is 0 Å². The second-order valence-corrected chi connectivity index (χ2v) is 9.06. The minimum absolute atomic E-state index is 0.0470. The van der Waals surface area contributed by atoms with Crippen molar-refractivity contribution in [1.29, 1.82) is 0 Å². The van der Waals surface area contributed by atoms with Gasteiger partial charge in [0, 0.05) is 50.9 Å². The van der Waals surface area contributed by atoms with Gasteiger partial charge in [-0.15, -0.1) is 0 Å². The van der Waals surface area contributed by atoms with E-state index in [0.717, 1.165) is 25.9 Å². The number of anilines is 2. The highest BCUT2D eigenvalue weighted by Crippen LogP contribution is 2.27. The molecule has 7 nitrogen and oxygen atoms in total. The summed E-state index contributed by atoms with van der Waals surface area (Å²) in [4.78, 5) is 31.0. The van der Waals surface area contributed by atoms with Crippen LogP contribution >= 0.6 is 0 Å². The van der Waals surface area contributed by atoms with Crippen molar-refractivity contribution >= 4 is 23.3 Å². The monoisotopic (exact) mass is 432 g/mol. The van der Waals surface area contributed by atoms with Crippen molar-refractivity contribution < 1.29 is 18.7 Å². The molecule has 1 aromatic carbocycles. The number of hydrogen-bond acceptors (Lipinski definition) is 4. The number of nitrogens with one attached hydrogen (secondary N) is 1. The Morgan fingerprint density at radius 2 is 1.61 bits per heavy atom. The fraction of sp³-hybridized carbons (Fsp3) is 0.652. The van der Waals surface area contributed by atoms with Crippen molar-refractivity contribution in [3.8, 4) is 0 Å². The maximum atomic E-state index is 14.8. The van der Waals surface area contributed by atoms with Gasteiger partial charge in [0.25, 0.3) is 0 Å². The third-order valence-electron chi connectivity index (χ3n) is 6.49. The van der Waals surface area contributed by atoms with Gasteiger partial charge in [0.05, 0.1) is 17.9 Å². The number of nitrogens with zero attached hydrogens (tertiary/aromatic N) is 3. The summed E-state index contributed by atoms with van der Waals surface area (Å²) >= 11 is 0. The molecule has 2 atom stereocenters. The molecule has 3 saturated heterocycles. The molecule has 3 heterocycles. The third kappa shape index (κ3) is 5.11. The highest BCUT2D eigenvalue weighted by atomic mass is 19.1. The minimum Gasteiger partial charge on any atom is -0.372 e. The lowest BCUT2D eigenvalue weighted by Gasteiger charge is -2.37. The van der Waals surface area contributed by atoms with Crippen molar-refractivity contribution in [3.05, 3.63) is 24.0 Å². The summed E-state index contributed by atoms with van der Waals surface area (Å²) in [5, 5.41) is 2.86. The standard InChI is InChI=1S/C23H33FN4O3/c1-16-14-28(15-17(2)31-16)21-6-5-19(13-20(21)24)25-22(29)18-7-11-27(12-8-18)23(30)26-9-3-4-10-26/h5-6,13,16-18H,3-4,7-12,14-15H2,1-2H3,(H,25,29). The topological polar surface area (TPSA) is 65.1 Å². The molecule has 0 saturated carbocycles. The molecule has 2 unspecified atom stereocenters. The van der Waals surface area contributed by atoms with Crippen LogP contribution in [0.3, 0.4) is 0 Å². The zero-order chi connectivity index (χ0) is 22.0. The lowest BCUT2D eigenvalue weighted by molar-refractivity contribution is -0.121. The van der Waals surface area contributed by atoms with Crippen molar-refractivity contribution in [1.82, 2.24) is 9.80 Å². The Bertz CT molecular complexity index is 796. The second-order valence-electron chi connectivity index (χ2n) is 9.06. The maximum Gasteiger partial charge on any atom is 0.319 e. The van der Waals surface area contributed by atoms with Gasteiger partial charge in [0.2, 0.25) is 5.91 Å². The van der Waals surface area contributed by atoms with Crippen LogP contribution in [0.1, 0.15) is 39.5 Å². The molecule has 1 aromatic rings. The van der Waals surface area contributed by atoms with Gasteiger partial charge >= 0.3 is 6.03 Å². The van der Waals surface area contributed by atoms with Crippen LogP contribution in [-0.2, 0) is 9.53 Å². The number of amides is 3. The summed E-state index contributed by atoms with van der Waals surface area (Å²) in [6, 6.07) is 4.98. The number of carbonyl (C=O) groups is 2. The van der Waals surface area contributed by atoms with Gasteiger partial charge in [-0.1, -0.05) is 0 Å². The SMILES string of the molecule is CC1CN(c2ccc(NC(=O)C3CCN(C(=O)N4CCCC4)CC3)cc2F)CC(C)O1. The number of ether oxygens (including phenoxy) is 1. The number of benzene rings is 1. The molecular formula is C23H33FN4O3. The van der Waals surface area contributed by atoms with Gasteiger partial charge in [-0.2, -0.15) is 0 Å². The zero-order valence-corrected chi connectivity index (χ0v) is 18.5. The fourth-order valence-corrected chi connectivity index (χ4v) is 4.90. The summed E-state index contributed by atoms with van der Waals surface area (Å²) in [6.07, 6.45) is 3.51. The summed E-state index contributed by atoms with van der Waals surface area (Å²) < 4.78 is 20.5. The first-order valence-corrected chi connectivity index (χ1v) is 11.5. The molecule has 0 aliphatic carbocycles. The smallest absolute Gasteiger partial charge is 0.319 e. The predicted molar refractivity (Wildman–Crippen MR) is 118 cm³/mol. The number of halogens is 1. The van der Waals surface area contributed by atoms with Crippen molar-refractivity contribution in [2.24, 2.45) is 5.92 Å². The second kappa shape index (κ2) is 9.42. The Morgan fingerprint density at radius 3 is 2.23 bits per heavy atom. The molecule has 8 heteroatoms. The van der Waals surface area contributed by atoms with Gasteiger partial charge in [-0.05, 0) is 57.7 Å². The van der Waals surface area contributed by atoms with E-state index in [1.165, 1.54) is 6.07 Å². The lowest BCUT2D eigenvalue weighted by Crippen LogP contribution is -2.47. The molecule has 3 fully saturated rings. The number of hydrogen-bond donors (Lipinski definition) is 1. The van der Waals surface area contributed by atoms with Crippen LogP contribution in [0, 0.1) is 11.7 Å². The Morgan fingerprint density at radius 1 is 1.00 bits per heavy atom. The van der Waals surface area contributed by atoms with Gasteiger partial charge in [-0.3, -0.25) is 4.79 Å². The molecule has 0 bridgehead atoms. The average Bonchev–Trinajstić information content (AvgIpc) is 3.27. The van der Waals surface area contributed by atoms with Crippen LogP contribution in [-0.4, -0.2) is 73.2 Å². The van der Waals surface area contributed by atoms with E-state index >= 15 is 0 Å². The average molecular weight is 433 g/mol. The summed E-state index contributed by atoms with van der Waals surface area (Å²) in [5.74, 6) is -0.606. The Kier molecular flexibility index (Phi) is 6.65. The zero-order valence-electron chi connectivity index (χ0n) is 18.5. The molecule has 3 aliphatic heterocycles. The molecule has 0 spiro atoms.